The fraction of sp³-hybridized carbons (Fsp3) is 0.0769. The molecule has 2 nitrogen and oxygen atoms in total. The highest BCUT2D eigenvalue weighted by atomic mass is 79.9. The number of rotatable bonds is 3. The van der Waals surface area contributed by atoms with Crippen molar-refractivity contribution < 1.29 is 4.74 Å². The monoisotopic (exact) mass is 423 g/mol. The van der Waals surface area contributed by atoms with Crippen molar-refractivity contribution in [3.05, 3.63) is 54.9 Å². The van der Waals surface area contributed by atoms with E-state index in [1.165, 1.54) is 0 Å². The van der Waals surface area contributed by atoms with E-state index in [1.54, 1.807) is 12.1 Å². The van der Waals surface area contributed by atoms with Gasteiger partial charge in [-0.1, -0.05) is 39.1 Å². The second kappa shape index (κ2) is 6.35. The number of hydrogen-bond acceptors (Lipinski definition) is 2. The van der Waals surface area contributed by atoms with E-state index >= 15 is 0 Å². The Morgan fingerprint density at radius 3 is 2.42 bits per heavy atom. The molecule has 2 rings (SSSR count). The Morgan fingerprint density at radius 2 is 1.74 bits per heavy atom. The number of ether oxygens (including phenoxy) is 1. The fourth-order valence-electron chi connectivity index (χ4n) is 1.53. The molecular weight excluding hydrogens is 417 g/mol. The van der Waals surface area contributed by atoms with Gasteiger partial charge in [0.1, 0.15) is 12.4 Å². The molecule has 0 aliphatic heterocycles. The zero-order chi connectivity index (χ0) is 14.0. The van der Waals surface area contributed by atoms with Crippen LogP contribution in [0, 0.1) is 0 Å². The van der Waals surface area contributed by atoms with Crippen LogP contribution in [0.2, 0.25) is 10.0 Å². The molecule has 0 amide bonds. The molecule has 0 unspecified atom stereocenters. The van der Waals surface area contributed by atoms with Crippen LogP contribution in [0.1, 0.15) is 5.56 Å². The van der Waals surface area contributed by atoms with Crippen LogP contribution in [0.5, 0.6) is 5.75 Å². The highest BCUT2D eigenvalue weighted by molar-refractivity contribution is 9.10. The summed E-state index contributed by atoms with van der Waals surface area (Å²) < 4.78 is 7.30. The average Bonchev–Trinajstić information content (AvgIpc) is 2.31. The predicted molar refractivity (Wildman–Crippen MR) is 87.0 cm³/mol. The van der Waals surface area contributed by atoms with Gasteiger partial charge in [-0.15, -0.1) is 0 Å². The molecule has 0 atom stereocenters. The number of anilines is 1. The third-order valence-electron chi connectivity index (χ3n) is 2.35. The second-order valence-electron chi connectivity index (χ2n) is 3.88. The highest BCUT2D eigenvalue weighted by Gasteiger charge is 2.07. The topological polar surface area (TPSA) is 35.2 Å². The predicted octanol–water partition coefficient (Wildman–Crippen LogP) is 5.68. The molecule has 0 saturated heterocycles. The molecule has 0 aromatic heterocycles. The molecule has 0 heterocycles. The van der Waals surface area contributed by atoms with Crippen molar-refractivity contribution >= 4 is 60.7 Å². The zero-order valence-corrected chi connectivity index (χ0v) is 14.3. The molecule has 2 aromatic carbocycles. The first-order chi connectivity index (χ1) is 8.95. The van der Waals surface area contributed by atoms with Crippen LogP contribution in [0.25, 0.3) is 0 Å². The Kier molecular flexibility index (Phi) is 5.01. The van der Waals surface area contributed by atoms with Crippen molar-refractivity contribution in [3.63, 3.8) is 0 Å². The van der Waals surface area contributed by atoms with Crippen molar-refractivity contribution in [1.82, 2.24) is 0 Å². The number of benzene rings is 2. The maximum Gasteiger partial charge on any atom is 0.139 e. The zero-order valence-electron chi connectivity index (χ0n) is 9.59. The van der Waals surface area contributed by atoms with Gasteiger partial charge in [-0.05, 0) is 45.8 Å². The van der Waals surface area contributed by atoms with Gasteiger partial charge in [0.15, 0.2) is 0 Å². The van der Waals surface area contributed by atoms with Gasteiger partial charge in [-0.3, -0.25) is 0 Å². The Morgan fingerprint density at radius 1 is 1.00 bits per heavy atom. The summed E-state index contributed by atoms with van der Waals surface area (Å²) in [5.41, 5.74) is 7.38. The van der Waals surface area contributed by atoms with Gasteiger partial charge in [-0.25, -0.2) is 0 Å². The van der Waals surface area contributed by atoms with Crippen molar-refractivity contribution in [1.29, 1.82) is 0 Å². The Hall–Kier alpha value is -0.420. The second-order valence-corrected chi connectivity index (χ2v) is 6.46. The lowest BCUT2D eigenvalue weighted by Crippen LogP contribution is -1.97. The molecule has 19 heavy (non-hydrogen) atoms. The Bertz CT molecular complexity index is 600. The van der Waals surface area contributed by atoms with E-state index in [9.17, 15) is 0 Å². The summed E-state index contributed by atoms with van der Waals surface area (Å²) in [7, 11) is 0. The van der Waals surface area contributed by atoms with Crippen molar-refractivity contribution in [2.45, 2.75) is 6.61 Å². The number of hydrogen-bond donors (Lipinski definition) is 1. The summed E-state index contributed by atoms with van der Waals surface area (Å²) >= 11 is 18.8. The first-order valence-corrected chi connectivity index (χ1v) is 7.62. The van der Waals surface area contributed by atoms with Crippen molar-refractivity contribution in [3.8, 4) is 5.75 Å². The molecule has 6 heteroatoms. The highest BCUT2D eigenvalue weighted by Crippen LogP contribution is 2.34. The first kappa shape index (κ1) is 15.0. The molecular formula is C13H9Br2Cl2NO. The van der Waals surface area contributed by atoms with Crippen molar-refractivity contribution in [2.75, 3.05) is 5.73 Å². The fourth-order valence-corrected chi connectivity index (χ4v) is 2.94. The standard InChI is InChI=1S/C13H9Br2Cl2NO/c14-8-1-7(2-9(18)3-8)6-19-13-5-11(16)10(15)4-12(13)17/h1-5H,6,18H2. The van der Waals surface area contributed by atoms with Gasteiger partial charge < -0.3 is 10.5 Å². The lowest BCUT2D eigenvalue weighted by Gasteiger charge is -2.10. The molecule has 0 bridgehead atoms. The summed E-state index contributed by atoms with van der Waals surface area (Å²) in [4.78, 5) is 0. The van der Waals surface area contributed by atoms with Crippen LogP contribution < -0.4 is 10.5 Å². The minimum Gasteiger partial charge on any atom is -0.487 e. The normalized spacial score (nSPS) is 10.5. The Labute approximate surface area is 138 Å². The summed E-state index contributed by atoms with van der Waals surface area (Å²) in [6.07, 6.45) is 0. The Balaban J connectivity index is 2.16. The van der Waals surface area contributed by atoms with Gasteiger partial charge in [0.2, 0.25) is 0 Å². The summed E-state index contributed by atoms with van der Waals surface area (Å²) in [6.45, 7) is 0.362. The summed E-state index contributed by atoms with van der Waals surface area (Å²) in [5.74, 6) is 0.536. The van der Waals surface area contributed by atoms with Crippen LogP contribution >= 0.6 is 55.1 Å². The van der Waals surface area contributed by atoms with E-state index in [0.29, 0.717) is 28.1 Å². The third-order valence-corrected chi connectivity index (χ3v) is 4.30. The van der Waals surface area contributed by atoms with Crippen LogP contribution in [-0.4, -0.2) is 0 Å². The molecule has 0 aliphatic rings. The molecule has 0 spiro atoms. The van der Waals surface area contributed by atoms with Gasteiger partial charge in [-0.2, -0.15) is 0 Å². The van der Waals surface area contributed by atoms with Crippen LogP contribution in [-0.2, 0) is 6.61 Å². The molecule has 2 N–H and O–H groups in total. The van der Waals surface area contributed by atoms with E-state index in [2.05, 4.69) is 31.9 Å². The van der Waals surface area contributed by atoms with E-state index in [-0.39, 0.29) is 0 Å². The SMILES string of the molecule is Nc1cc(Br)cc(COc2cc(Cl)c(Br)cc2Cl)c1. The largest absolute Gasteiger partial charge is 0.487 e. The summed E-state index contributed by atoms with van der Waals surface area (Å²) in [5, 5.41) is 1.05. The summed E-state index contributed by atoms with van der Waals surface area (Å²) in [6, 6.07) is 8.99. The maximum atomic E-state index is 6.08. The number of nitrogen functional groups attached to an aromatic ring is 1. The minimum absolute atomic E-state index is 0.362. The lowest BCUT2D eigenvalue weighted by atomic mass is 10.2. The van der Waals surface area contributed by atoms with Gasteiger partial charge in [0.25, 0.3) is 0 Å². The molecule has 0 saturated carbocycles. The third kappa shape index (κ3) is 4.02. The van der Waals surface area contributed by atoms with Crippen LogP contribution in [0.3, 0.4) is 0 Å². The molecule has 0 fully saturated rings. The van der Waals surface area contributed by atoms with Gasteiger partial charge in [0, 0.05) is 20.7 Å². The number of nitrogens with two attached hydrogens (primary N) is 1. The molecule has 0 radical (unpaired) electrons. The first-order valence-electron chi connectivity index (χ1n) is 5.28. The minimum atomic E-state index is 0.362. The van der Waals surface area contributed by atoms with E-state index < -0.39 is 0 Å². The van der Waals surface area contributed by atoms with Crippen LogP contribution in [0.4, 0.5) is 5.69 Å². The van der Waals surface area contributed by atoms with Crippen LogP contribution in [0.15, 0.2) is 39.3 Å². The lowest BCUT2D eigenvalue weighted by molar-refractivity contribution is 0.306. The van der Waals surface area contributed by atoms with Gasteiger partial charge >= 0.3 is 0 Å². The number of halogens is 4. The maximum absolute atomic E-state index is 6.08. The van der Waals surface area contributed by atoms with E-state index in [4.69, 9.17) is 33.7 Å². The quantitative estimate of drug-likeness (QED) is 0.507. The molecule has 2 aromatic rings. The van der Waals surface area contributed by atoms with E-state index in [1.807, 2.05) is 18.2 Å². The smallest absolute Gasteiger partial charge is 0.139 e. The average molecular weight is 426 g/mol. The molecule has 0 aliphatic carbocycles. The van der Waals surface area contributed by atoms with E-state index in [0.717, 1.165) is 14.5 Å². The molecule has 100 valence electrons. The van der Waals surface area contributed by atoms with Crippen molar-refractivity contribution in [2.24, 2.45) is 0 Å². The van der Waals surface area contributed by atoms with Gasteiger partial charge in [0.05, 0.1) is 10.0 Å².